The molecule has 3 rings (SSSR count). The molecular weight excluding hydrogens is 400 g/mol. The van der Waals surface area contributed by atoms with E-state index in [9.17, 15) is 23.6 Å². The van der Waals surface area contributed by atoms with Crippen LogP contribution >= 0.6 is 0 Å². The Kier molecular flexibility index (Phi) is 6.53. The summed E-state index contributed by atoms with van der Waals surface area (Å²) < 4.78 is 14.4. The fraction of sp³-hybridized carbons (Fsp3) is 0.273. The standard InChI is InChI=1S/C22H21BFN3O4/c1-25-21(31)22(23,9-4-10-28)27-12-17-16(20(27)30)7-3-8-18(17)26-11-14-5-2-6-15(13-29)19(14)24/h2-3,5-8,10,13,26H,4,9,11-12H2,1H3,(H,25,31). The van der Waals surface area contributed by atoms with Crippen molar-refractivity contribution in [1.82, 2.24) is 10.2 Å². The van der Waals surface area contributed by atoms with E-state index in [0.29, 0.717) is 35.0 Å². The zero-order valence-corrected chi connectivity index (χ0v) is 17.0. The maximum Gasteiger partial charge on any atom is 0.254 e. The summed E-state index contributed by atoms with van der Waals surface area (Å²) in [5.41, 5.74) is 0.147. The molecule has 158 valence electrons. The highest BCUT2D eigenvalue weighted by Crippen LogP contribution is 2.35. The maximum atomic E-state index is 14.4. The van der Waals surface area contributed by atoms with Gasteiger partial charge in [-0.15, -0.1) is 0 Å². The van der Waals surface area contributed by atoms with Crippen LogP contribution in [-0.4, -0.2) is 49.6 Å². The molecule has 1 aliphatic heterocycles. The molecule has 2 N–H and O–H groups in total. The number of carbonyl (C=O) groups excluding carboxylic acids is 4. The molecule has 0 fully saturated rings. The summed E-state index contributed by atoms with van der Waals surface area (Å²) in [6.45, 7) is 0.142. The van der Waals surface area contributed by atoms with Gasteiger partial charge in [-0.2, -0.15) is 0 Å². The predicted octanol–water partition coefficient (Wildman–Crippen LogP) is 1.80. The van der Waals surface area contributed by atoms with E-state index in [0.717, 1.165) is 0 Å². The van der Waals surface area contributed by atoms with Crippen LogP contribution in [0.25, 0.3) is 0 Å². The quantitative estimate of drug-likeness (QED) is 0.476. The van der Waals surface area contributed by atoms with Crippen LogP contribution < -0.4 is 10.6 Å². The van der Waals surface area contributed by atoms with E-state index in [1.807, 2.05) is 0 Å². The maximum absolute atomic E-state index is 14.4. The monoisotopic (exact) mass is 421 g/mol. The van der Waals surface area contributed by atoms with Gasteiger partial charge >= 0.3 is 0 Å². The van der Waals surface area contributed by atoms with Crippen LogP contribution in [0.2, 0.25) is 0 Å². The largest absolute Gasteiger partial charge is 0.381 e. The Morgan fingerprint density at radius 3 is 2.68 bits per heavy atom. The average molecular weight is 421 g/mol. The number of fused-ring (bicyclic) bond motifs is 1. The summed E-state index contributed by atoms with van der Waals surface area (Å²) in [7, 11) is 7.72. The van der Waals surface area contributed by atoms with Crippen LogP contribution in [0.3, 0.4) is 0 Å². The first-order valence-corrected chi connectivity index (χ1v) is 9.72. The number of anilines is 1. The van der Waals surface area contributed by atoms with Gasteiger partial charge in [-0.25, -0.2) is 4.39 Å². The Morgan fingerprint density at radius 1 is 1.26 bits per heavy atom. The van der Waals surface area contributed by atoms with Gasteiger partial charge in [0.05, 0.1) is 11.0 Å². The molecule has 1 atom stereocenters. The molecule has 31 heavy (non-hydrogen) atoms. The molecular formula is C22H21BFN3O4. The SMILES string of the molecule is [B]C(CCC=O)(C(=O)NC)N1Cc2c(NCc3cccc(C=O)c3F)cccc2C1=O. The number of carbonyl (C=O) groups is 4. The Hall–Kier alpha value is -3.49. The number of amides is 2. The molecule has 9 heteroatoms. The highest BCUT2D eigenvalue weighted by Gasteiger charge is 2.45. The molecule has 0 aliphatic carbocycles. The molecule has 7 nitrogen and oxygen atoms in total. The number of hydrogen-bond acceptors (Lipinski definition) is 5. The average Bonchev–Trinajstić information content (AvgIpc) is 3.14. The van der Waals surface area contributed by atoms with Gasteiger partial charge in [0.1, 0.15) is 19.9 Å². The smallest absolute Gasteiger partial charge is 0.254 e. The second-order valence-electron chi connectivity index (χ2n) is 7.22. The molecule has 2 radical (unpaired) electrons. The Bertz CT molecular complexity index is 1050. The summed E-state index contributed by atoms with van der Waals surface area (Å²) in [5, 5.41) is 5.56. The number of likely N-dealkylation sites (N-methyl/N-ethyl adjacent to an activating group) is 1. The second-order valence-corrected chi connectivity index (χ2v) is 7.22. The van der Waals surface area contributed by atoms with Gasteiger partial charge in [-0.05, 0) is 24.6 Å². The minimum Gasteiger partial charge on any atom is -0.381 e. The summed E-state index contributed by atoms with van der Waals surface area (Å²) >= 11 is 0. The molecule has 1 unspecified atom stereocenters. The summed E-state index contributed by atoms with van der Waals surface area (Å²) in [6.07, 6.45) is 1.09. The summed E-state index contributed by atoms with van der Waals surface area (Å²) in [6, 6.07) is 9.57. The molecule has 0 saturated heterocycles. The molecule has 1 heterocycles. The van der Waals surface area contributed by atoms with Gasteiger partial charge < -0.3 is 20.3 Å². The highest BCUT2D eigenvalue weighted by atomic mass is 19.1. The molecule has 0 saturated carbocycles. The number of halogens is 1. The normalized spacial score (nSPS) is 14.5. The molecule has 0 aromatic heterocycles. The van der Waals surface area contributed by atoms with E-state index >= 15 is 0 Å². The third kappa shape index (κ3) is 4.08. The third-order valence-electron chi connectivity index (χ3n) is 5.42. The number of benzene rings is 2. The van der Waals surface area contributed by atoms with Gasteiger partial charge in [0.25, 0.3) is 5.91 Å². The third-order valence-corrected chi connectivity index (χ3v) is 5.42. The van der Waals surface area contributed by atoms with E-state index in [1.165, 1.54) is 18.0 Å². The van der Waals surface area contributed by atoms with Crippen molar-refractivity contribution < 1.29 is 23.6 Å². The van der Waals surface area contributed by atoms with Crippen molar-refractivity contribution in [3.63, 3.8) is 0 Å². The van der Waals surface area contributed by atoms with Gasteiger partial charge in [0.2, 0.25) is 5.91 Å². The van der Waals surface area contributed by atoms with E-state index < -0.39 is 23.1 Å². The van der Waals surface area contributed by atoms with E-state index in [4.69, 9.17) is 7.85 Å². The van der Waals surface area contributed by atoms with Gasteiger partial charge in [0.15, 0.2) is 6.29 Å². The van der Waals surface area contributed by atoms with Crippen LogP contribution in [0, 0.1) is 5.82 Å². The first-order chi connectivity index (χ1) is 14.9. The number of rotatable bonds is 9. The number of aldehydes is 2. The lowest BCUT2D eigenvalue weighted by atomic mass is 9.71. The van der Waals surface area contributed by atoms with Gasteiger partial charge in [0, 0.05) is 48.9 Å². The highest BCUT2D eigenvalue weighted by molar-refractivity contribution is 6.30. The molecule has 2 amide bonds. The Morgan fingerprint density at radius 2 is 2.00 bits per heavy atom. The first kappa shape index (κ1) is 22.2. The van der Waals surface area contributed by atoms with Crippen LogP contribution in [0.15, 0.2) is 36.4 Å². The summed E-state index contributed by atoms with van der Waals surface area (Å²) in [4.78, 5) is 48.6. The minimum absolute atomic E-state index is 0.0154. The molecule has 2 aromatic rings. The lowest BCUT2D eigenvalue weighted by Gasteiger charge is -2.37. The second kappa shape index (κ2) is 9.12. The van der Waals surface area contributed by atoms with Crippen molar-refractivity contribution in [2.45, 2.75) is 31.4 Å². The fourth-order valence-electron chi connectivity index (χ4n) is 3.70. The van der Waals surface area contributed by atoms with Crippen molar-refractivity contribution in [2.24, 2.45) is 0 Å². The zero-order valence-electron chi connectivity index (χ0n) is 17.0. The van der Waals surface area contributed by atoms with E-state index in [-0.39, 0.29) is 31.5 Å². The van der Waals surface area contributed by atoms with Crippen LogP contribution in [0.5, 0.6) is 0 Å². The summed E-state index contributed by atoms with van der Waals surface area (Å²) in [5.74, 6) is -1.60. The molecule has 0 spiro atoms. The zero-order chi connectivity index (χ0) is 22.6. The number of hydrogen-bond donors (Lipinski definition) is 2. The van der Waals surface area contributed by atoms with Gasteiger partial charge in [-0.3, -0.25) is 14.4 Å². The van der Waals surface area contributed by atoms with Crippen molar-refractivity contribution >= 4 is 37.9 Å². The van der Waals surface area contributed by atoms with Crippen molar-refractivity contribution in [1.29, 1.82) is 0 Å². The topological polar surface area (TPSA) is 95.6 Å². The molecule has 2 aromatic carbocycles. The van der Waals surface area contributed by atoms with Crippen LogP contribution in [0.4, 0.5) is 10.1 Å². The lowest BCUT2D eigenvalue weighted by Crippen LogP contribution is -2.59. The van der Waals surface area contributed by atoms with Gasteiger partial charge in [-0.1, -0.05) is 18.2 Å². The number of nitrogens with zero attached hydrogens (tertiary/aromatic N) is 1. The first-order valence-electron chi connectivity index (χ1n) is 9.72. The van der Waals surface area contributed by atoms with Crippen LogP contribution in [0.1, 0.15) is 44.7 Å². The van der Waals surface area contributed by atoms with Crippen molar-refractivity contribution in [3.05, 3.63) is 64.5 Å². The lowest BCUT2D eigenvalue weighted by molar-refractivity contribution is -0.127. The number of nitrogens with one attached hydrogen (secondary N) is 2. The van der Waals surface area contributed by atoms with Crippen molar-refractivity contribution in [2.75, 3.05) is 12.4 Å². The van der Waals surface area contributed by atoms with Crippen LogP contribution in [-0.2, 0) is 22.7 Å². The van der Waals surface area contributed by atoms with E-state index in [2.05, 4.69) is 10.6 Å². The minimum atomic E-state index is -1.69. The Balaban J connectivity index is 1.88. The Labute approximate surface area is 180 Å². The molecule has 0 bridgehead atoms. The van der Waals surface area contributed by atoms with Crippen molar-refractivity contribution in [3.8, 4) is 0 Å². The predicted molar refractivity (Wildman–Crippen MR) is 113 cm³/mol. The van der Waals surface area contributed by atoms with E-state index in [1.54, 1.807) is 30.3 Å². The molecule has 1 aliphatic rings. The fourth-order valence-corrected chi connectivity index (χ4v) is 3.70.